The average Bonchev–Trinajstić information content (AvgIpc) is 2.76. The van der Waals surface area contributed by atoms with E-state index >= 15 is 0 Å². The number of likely N-dealkylation sites (tertiary alicyclic amines) is 1. The van der Waals surface area contributed by atoms with Crippen molar-refractivity contribution in [2.45, 2.75) is 32.2 Å². The van der Waals surface area contributed by atoms with E-state index in [0.717, 1.165) is 6.42 Å². The first-order chi connectivity index (χ1) is 8.56. The fourth-order valence-electron chi connectivity index (χ4n) is 2.16. The highest BCUT2D eigenvalue weighted by atomic mass is 16.5. The highest BCUT2D eigenvalue weighted by Gasteiger charge is 2.27. The highest BCUT2D eigenvalue weighted by molar-refractivity contribution is 5.76. The summed E-state index contributed by atoms with van der Waals surface area (Å²) in [7, 11) is 1.66. The Hall–Kier alpha value is -1.30. The monoisotopic (exact) mass is 258 g/mol. The molecule has 1 fully saturated rings. The third-order valence-electron chi connectivity index (χ3n) is 3.22. The van der Waals surface area contributed by atoms with Crippen molar-refractivity contribution >= 4 is 12.0 Å². The second kappa shape index (κ2) is 7.20. The molecule has 1 aliphatic heterocycles. The van der Waals surface area contributed by atoms with Crippen LogP contribution >= 0.6 is 0 Å². The summed E-state index contributed by atoms with van der Waals surface area (Å²) in [6, 6.07) is -0.460. The van der Waals surface area contributed by atoms with Crippen LogP contribution in [0.15, 0.2) is 0 Å². The van der Waals surface area contributed by atoms with Crippen LogP contribution in [-0.2, 0) is 9.53 Å². The largest absolute Gasteiger partial charge is 0.481 e. The molecule has 6 heteroatoms. The molecule has 2 N–H and O–H groups in total. The number of nitrogens with one attached hydrogen (secondary N) is 1. The summed E-state index contributed by atoms with van der Waals surface area (Å²) in [4.78, 5) is 24.3. The molecule has 104 valence electrons. The van der Waals surface area contributed by atoms with Gasteiger partial charge in [-0.3, -0.25) is 4.79 Å². The fraction of sp³-hybridized carbons (Fsp3) is 0.833. The highest BCUT2D eigenvalue weighted by Crippen LogP contribution is 2.16. The van der Waals surface area contributed by atoms with E-state index in [-0.39, 0.29) is 18.5 Å². The molecule has 0 spiro atoms. The number of carboxylic acids is 1. The third-order valence-corrected chi connectivity index (χ3v) is 3.22. The molecule has 0 radical (unpaired) electrons. The zero-order chi connectivity index (χ0) is 13.5. The predicted octanol–water partition coefficient (Wildman–Crippen LogP) is 0.918. The summed E-state index contributed by atoms with van der Waals surface area (Å²) in [6.45, 7) is 3.92. The number of carboxylic acid groups (broad SMARTS) is 1. The Bertz CT molecular complexity index is 296. The van der Waals surface area contributed by atoms with Gasteiger partial charge in [-0.15, -0.1) is 0 Å². The molecule has 0 aromatic rings. The van der Waals surface area contributed by atoms with Crippen molar-refractivity contribution in [3.05, 3.63) is 0 Å². The topological polar surface area (TPSA) is 78.9 Å². The molecule has 1 aliphatic rings. The molecule has 0 aliphatic carbocycles. The molecule has 1 heterocycles. The molecule has 0 saturated carbocycles. The summed E-state index contributed by atoms with van der Waals surface area (Å²) >= 11 is 0. The van der Waals surface area contributed by atoms with Gasteiger partial charge < -0.3 is 20.1 Å². The minimum Gasteiger partial charge on any atom is -0.481 e. The van der Waals surface area contributed by atoms with E-state index in [1.807, 2.05) is 6.92 Å². The SMILES string of the molecule is CCC(CC(=O)O)NC(=O)N1CCC(COC)C1. The number of hydrogen-bond donors (Lipinski definition) is 2. The third kappa shape index (κ3) is 4.52. The number of aliphatic carboxylic acids is 1. The van der Waals surface area contributed by atoms with Crippen molar-refractivity contribution in [1.29, 1.82) is 0 Å². The standard InChI is InChI=1S/C12H22N2O4/c1-3-10(6-11(15)16)13-12(17)14-5-4-9(7-14)8-18-2/h9-10H,3-8H2,1-2H3,(H,13,17)(H,15,16). The van der Waals surface area contributed by atoms with Crippen LogP contribution in [-0.4, -0.2) is 54.9 Å². The molecule has 2 amide bonds. The van der Waals surface area contributed by atoms with Gasteiger partial charge in [0.25, 0.3) is 0 Å². The normalized spacial score (nSPS) is 20.8. The lowest BCUT2D eigenvalue weighted by Gasteiger charge is -2.21. The molecule has 0 bridgehead atoms. The molecule has 1 saturated heterocycles. The first-order valence-electron chi connectivity index (χ1n) is 6.33. The van der Waals surface area contributed by atoms with Gasteiger partial charge in [0.2, 0.25) is 0 Å². The number of amides is 2. The second-order valence-corrected chi connectivity index (χ2v) is 4.71. The van der Waals surface area contributed by atoms with Crippen LogP contribution in [0.1, 0.15) is 26.2 Å². The lowest BCUT2D eigenvalue weighted by molar-refractivity contribution is -0.137. The van der Waals surface area contributed by atoms with Gasteiger partial charge in [-0.05, 0) is 12.8 Å². The van der Waals surface area contributed by atoms with Gasteiger partial charge in [0.15, 0.2) is 0 Å². The van der Waals surface area contributed by atoms with Crippen molar-refractivity contribution in [3.63, 3.8) is 0 Å². The molecule has 0 aromatic heterocycles. The van der Waals surface area contributed by atoms with Crippen molar-refractivity contribution in [2.24, 2.45) is 5.92 Å². The fourth-order valence-corrected chi connectivity index (χ4v) is 2.16. The summed E-state index contributed by atoms with van der Waals surface area (Å²) in [5.74, 6) is -0.499. The van der Waals surface area contributed by atoms with E-state index in [0.29, 0.717) is 32.0 Å². The van der Waals surface area contributed by atoms with Gasteiger partial charge in [-0.1, -0.05) is 6.92 Å². The number of urea groups is 1. The molecule has 2 atom stereocenters. The zero-order valence-electron chi connectivity index (χ0n) is 11.0. The van der Waals surface area contributed by atoms with Gasteiger partial charge in [0.05, 0.1) is 13.0 Å². The Kier molecular flexibility index (Phi) is 5.91. The number of methoxy groups -OCH3 is 1. The Balaban J connectivity index is 2.38. The lowest BCUT2D eigenvalue weighted by atomic mass is 10.1. The molecule has 0 aromatic carbocycles. The van der Waals surface area contributed by atoms with Gasteiger partial charge in [-0.25, -0.2) is 4.79 Å². The number of rotatable bonds is 6. The van der Waals surface area contributed by atoms with Gasteiger partial charge >= 0.3 is 12.0 Å². The summed E-state index contributed by atoms with van der Waals surface area (Å²) in [5.41, 5.74) is 0. The zero-order valence-corrected chi connectivity index (χ0v) is 11.0. The maximum absolute atomic E-state index is 11.9. The van der Waals surface area contributed by atoms with Crippen molar-refractivity contribution in [2.75, 3.05) is 26.8 Å². The number of carbonyl (C=O) groups excluding carboxylic acids is 1. The number of nitrogens with zero attached hydrogens (tertiary/aromatic N) is 1. The predicted molar refractivity (Wildman–Crippen MR) is 66.4 cm³/mol. The van der Waals surface area contributed by atoms with E-state index in [4.69, 9.17) is 9.84 Å². The minimum absolute atomic E-state index is 0.0302. The number of carbonyl (C=O) groups is 2. The van der Waals surface area contributed by atoms with Gasteiger partial charge in [-0.2, -0.15) is 0 Å². The maximum atomic E-state index is 11.9. The summed E-state index contributed by atoms with van der Waals surface area (Å²) in [6.07, 6.45) is 1.53. The van der Waals surface area contributed by atoms with Crippen LogP contribution in [0.3, 0.4) is 0 Å². The maximum Gasteiger partial charge on any atom is 0.317 e. The molecule has 1 rings (SSSR count). The molecular formula is C12H22N2O4. The summed E-state index contributed by atoms with van der Waals surface area (Å²) < 4.78 is 5.07. The van der Waals surface area contributed by atoms with Crippen LogP contribution in [0.2, 0.25) is 0 Å². The summed E-state index contributed by atoms with van der Waals surface area (Å²) in [5, 5.41) is 11.5. The second-order valence-electron chi connectivity index (χ2n) is 4.71. The lowest BCUT2D eigenvalue weighted by Crippen LogP contribution is -2.44. The molecular weight excluding hydrogens is 236 g/mol. The molecule has 18 heavy (non-hydrogen) atoms. The molecule has 6 nitrogen and oxygen atoms in total. The van der Waals surface area contributed by atoms with Crippen LogP contribution in [0, 0.1) is 5.92 Å². The van der Waals surface area contributed by atoms with Crippen molar-refractivity contribution in [3.8, 4) is 0 Å². The first kappa shape index (κ1) is 14.8. The first-order valence-corrected chi connectivity index (χ1v) is 6.33. The average molecular weight is 258 g/mol. The van der Waals surface area contributed by atoms with Crippen LogP contribution in [0.4, 0.5) is 4.79 Å². The Morgan fingerprint density at radius 3 is 2.83 bits per heavy atom. The van der Waals surface area contributed by atoms with Crippen LogP contribution < -0.4 is 5.32 Å². The van der Waals surface area contributed by atoms with Gasteiger partial charge in [0.1, 0.15) is 0 Å². The smallest absolute Gasteiger partial charge is 0.317 e. The van der Waals surface area contributed by atoms with Crippen LogP contribution in [0.25, 0.3) is 0 Å². The van der Waals surface area contributed by atoms with E-state index in [1.54, 1.807) is 12.0 Å². The van der Waals surface area contributed by atoms with E-state index < -0.39 is 5.97 Å². The van der Waals surface area contributed by atoms with Crippen molar-refractivity contribution < 1.29 is 19.4 Å². The quantitative estimate of drug-likeness (QED) is 0.742. The minimum atomic E-state index is -0.888. The van der Waals surface area contributed by atoms with Gasteiger partial charge in [0, 0.05) is 32.2 Å². The van der Waals surface area contributed by atoms with Crippen LogP contribution in [0.5, 0.6) is 0 Å². The Labute approximate surface area is 107 Å². The Morgan fingerprint density at radius 1 is 1.56 bits per heavy atom. The molecule has 2 unspecified atom stereocenters. The van der Waals surface area contributed by atoms with E-state index in [2.05, 4.69) is 5.32 Å². The van der Waals surface area contributed by atoms with E-state index in [9.17, 15) is 9.59 Å². The number of hydrogen-bond acceptors (Lipinski definition) is 3. The number of ether oxygens (including phenoxy) is 1. The Morgan fingerprint density at radius 2 is 2.28 bits per heavy atom. The van der Waals surface area contributed by atoms with E-state index in [1.165, 1.54) is 0 Å². The van der Waals surface area contributed by atoms with Crippen molar-refractivity contribution in [1.82, 2.24) is 10.2 Å².